The van der Waals surface area contributed by atoms with Gasteiger partial charge in [-0.2, -0.15) is 0 Å². The SMILES string of the molecule is CCCCCC(C)C(C)c1cc(OCCCN2CCCCC2)c2c(c1)OC(C)(C)c1ccncc1-2.Cl. The number of unbranched alkanes of at least 4 members (excludes halogenated alkanes) is 2. The maximum absolute atomic E-state index is 6.64. The Labute approximate surface area is 225 Å². The number of ether oxygens (including phenoxy) is 2. The van der Waals surface area contributed by atoms with Crippen molar-refractivity contribution >= 4 is 12.4 Å². The summed E-state index contributed by atoms with van der Waals surface area (Å²) in [7, 11) is 0. The molecule has 2 unspecified atom stereocenters. The van der Waals surface area contributed by atoms with Gasteiger partial charge in [-0.15, -0.1) is 12.4 Å². The lowest BCUT2D eigenvalue weighted by atomic mass is 9.82. The van der Waals surface area contributed by atoms with E-state index in [0.29, 0.717) is 11.8 Å². The number of rotatable bonds is 11. The average molecular weight is 515 g/mol. The predicted molar refractivity (Wildman–Crippen MR) is 153 cm³/mol. The van der Waals surface area contributed by atoms with Crippen molar-refractivity contribution in [3.63, 3.8) is 0 Å². The summed E-state index contributed by atoms with van der Waals surface area (Å²) < 4.78 is 13.2. The van der Waals surface area contributed by atoms with Gasteiger partial charge in [-0.3, -0.25) is 4.98 Å². The Bertz CT molecular complexity index is 971. The van der Waals surface area contributed by atoms with Gasteiger partial charge in [-0.1, -0.05) is 52.9 Å². The molecule has 5 heteroatoms. The minimum atomic E-state index is -0.397. The zero-order chi connectivity index (χ0) is 24.8. The number of halogens is 1. The number of nitrogens with zero attached hydrogens (tertiary/aromatic N) is 2. The van der Waals surface area contributed by atoms with Crippen LogP contribution in [0, 0.1) is 5.92 Å². The summed E-state index contributed by atoms with van der Waals surface area (Å²) >= 11 is 0. The van der Waals surface area contributed by atoms with Crippen LogP contribution in [0.25, 0.3) is 11.1 Å². The molecule has 2 aliphatic heterocycles. The van der Waals surface area contributed by atoms with Gasteiger partial charge in [-0.25, -0.2) is 0 Å². The Morgan fingerprint density at radius 1 is 1.08 bits per heavy atom. The first kappa shape index (κ1) is 28.8. The molecule has 4 rings (SSSR count). The molecule has 2 atom stereocenters. The number of aromatic nitrogens is 1. The van der Waals surface area contributed by atoms with Crippen molar-refractivity contribution in [1.29, 1.82) is 0 Å². The van der Waals surface area contributed by atoms with E-state index in [1.54, 1.807) is 0 Å². The van der Waals surface area contributed by atoms with Gasteiger partial charge in [0, 0.05) is 30.1 Å². The Kier molecular flexibility index (Phi) is 10.5. The van der Waals surface area contributed by atoms with Gasteiger partial charge in [-0.05, 0) is 81.8 Å². The van der Waals surface area contributed by atoms with Gasteiger partial charge in [0.25, 0.3) is 0 Å². The molecule has 0 amide bonds. The molecule has 1 aromatic heterocycles. The molecule has 0 saturated carbocycles. The van der Waals surface area contributed by atoms with E-state index in [-0.39, 0.29) is 12.4 Å². The van der Waals surface area contributed by atoms with E-state index in [4.69, 9.17) is 9.47 Å². The third kappa shape index (κ3) is 6.75. The summed E-state index contributed by atoms with van der Waals surface area (Å²) in [5.74, 6) is 2.96. The molecule has 1 aromatic carbocycles. The third-order valence-electron chi connectivity index (χ3n) is 8.16. The van der Waals surface area contributed by atoms with E-state index < -0.39 is 5.60 Å². The zero-order valence-corrected chi connectivity index (χ0v) is 24.0. The summed E-state index contributed by atoms with van der Waals surface area (Å²) in [6.45, 7) is 15.7. The van der Waals surface area contributed by atoms with Crippen molar-refractivity contribution in [2.45, 2.75) is 97.5 Å². The minimum absolute atomic E-state index is 0. The van der Waals surface area contributed by atoms with Crippen molar-refractivity contribution in [2.24, 2.45) is 5.92 Å². The smallest absolute Gasteiger partial charge is 0.132 e. The van der Waals surface area contributed by atoms with Crippen LogP contribution in [0.5, 0.6) is 11.5 Å². The molecule has 0 bridgehead atoms. The van der Waals surface area contributed by atoms with E-state index in [0.717, 1.165) is 42.2 Å². The minimum Gasteiger partial charge on any atom is -0.493 e. The maximum atomic E-state index is 6.64. The second-order valence-corrected chi connectivity index (χ2v) is 11.3. The topological polar surface area (TPSA) is 34.6 Å². The highest BCUT2D eigenvalue weighted by atomic mass is 35.5. The van der Waals surface area contributed by atoms with E-state index in [1.807, 2.05) is 12.4 Å². The van der Waals surface area contributed by atoms with Gasteiger partial charge in [0.2, 0.25) is 0 Å². The van der Waals surface area contributed by atoms with Crippen molar-refractivity contribution in [2.75, 3.05) is 26.2 Å². The largest absolute Gasteiger partial charge is 0.493 e. The maximum Gasteiger partial charge on any atom is 0.132 e. The lowest BCUT2D eigenvalue weighted by molar-refractivity contribution is 0.104. The van der Waals surface area contributed by atoms with Gasteiger partial charge >= 0.3 is 0 Å². The summed E-state index contributed by atoms with van der Waals surface area (Å²) in [4.78, 5) is 7.06. The predicted octanol–water partition coefficient (Wildman–Crippen LogP) is 8.37. The number of pyridine rings is 1. The number of likely N-dealkylation sites (tertiary alicyclic amines) is 1. The van der Waals surface area contributed by atoms with Crippen molar-refractivity contribution in [3.8, 4) is 22.6 Å². The molecule has 0 N–H and O–H groups in total. The summed E-state index contributed by atoms with van der Waals surface area (Å²) in [6, 6.07) is 6.65. The fourth-order valence-electron chi connectivity index (χ4n) is 5.73. The van der Waals surface area contributed by atoms with Gasteiger partial charge in [0.15, 0.2) is 0 Å². The van der Waals surface area contributed by atoms with E-state index >= 15 is 0 Å². The van der Waals surface area contributed by atoms with E-state index in [1.165, 1.54) is 69.2 Å². The molecule has 3 heterocycles. The highest BCUT2D eigenvalue weighted by Crippen LogP contribution is 2.50. The Morgan fingerprint density at radius 3 is 2.61 bits per heavy atom. The van der Waals surface area contributed by atoms with Crippen molar-refractivity contribution in [1.82, 2.24) is 9.88 Å². The quantitative estimate of drug-likeness (QED) is 0.282. The monoisotopic (exact) mass is 514 g/mol. The van der Waals surface area contributed by atoms with Crippen LogP contribution >= 0.6 is 12.4 Å². The Hall–Kier alpha value is -1.78. The lowest BCUT2D eigenvalue weighted by Gasteiger charge is -2.36. The summed E-state index contributed by atoms with van der Waals surface area (Å²) in [5.41, 5.74) is 4.31. The molecular formula is C31H47ClN2O2. The third-order valence-corrected chi connectivity index (χ3v) is 8.16. The summed E-state index contributed by atoms with van der Waals surface area (Å²) in [6.07, 6.45) is 14.1. The number of hydrogen-bond donors (Lipinski definition) is 0. The first-order valence-electron chi connectivity index (χ1n) is 14.1. The highest BCUT2D eigenvalue weighted by Gasteiger charge is 2.35. The molecule has 2 aliphatic rings. The molecular weight excluding hydrogens is 468 g/mol. The van der Waals surface area contributed by atoms with Crippen LogP contribution in [-0.2, 0) is 5.60 Å². The van der Waals surface area contributed by atoms with Crippen molar-refractivity contribution < 1.29 is 9.47 Å². The Morgan fingerprint density at radius 2 is 1.86 bits per heavy atom. The lowest BCUT2D eigenvalue weighted by Crippen LogP contribution is -2.31. The molecule has 36 heavy (non-hydrogen) atoms. The van der Waals surface area contributed by atoms with Gasteiger partial charge < -0.3 is 14.4 Å². The van der Waals surface area contributed by atoms with E-state index in [9.17, 15) is 0 Å². The van der Waals surface area contributed by atoms with Crippen LogP contribution in [0.2, 0.25) is 0 Å². The second kappa shape index (κ2) is 13.1. The molecule has 1 fully saturated rings. The van der Waals surface area contributed by atoms with Gasteiger partial charge in [0.05, 0.1) is 12.2 Å². The number of piperidine rings is 1. The molecule has 0 aliphatic carbocycles. The van der Waals surface area contributed by atoms with Crippen LogP contribution in [0.4, 0.5) is 0 Å². The molecule has 0 radical (unpaired) electrons. The van der Waals surface area contributed by atoms with Crippen LogP contribution < -0.4 is 9.47 Å². The molecule has 0 spiro atoms. The van der Waals surface area contributed by atoms with Crippen LogP contribution in [-0.4, -0.2) is 36.1 Å². The first-order valence-corrected chi connectivity index (χ1v) is 14.1. The first-order chi connectivity index (χ1) is 16.9. The summed E-state index contributed by atoms with van der Waals surface area (Å²) in [5, 5.41) is 0. The fraction of sp³-hybridized carbons (Fsp3) is 0.645. The second-order valence-electron chi connectivity index (χ2n) is 11.3. The van der Waals surface area contributed by atoms with E-state index in [2.05, 4.69) is 62.7 Å². The van der Waals surface area contributed by atoms with Crippen LogP contribution in [0.15, 0.2) is 30.6 Å². The molecule has 2 aromatic rings. The molecule has 1 saturated heterocycles. The molecule has 200 valence electrons. The number of fused-ring (bicyclic) bond motifs is 3. The average Bonchev–Trinajstić information content (AvgIpc) is 2.86. The standard InChI is InChI=1S/C31H46N2O2.ClH/c1-6-7-9-13-23(2)24(3)25-20-28(34-19-12-18-33-16-10-8-11-17-33)30-26-22-32-15-14-27(26)31(4,5)35-29(30)21-25;/h14-15,20-24H,6-13,16-19H2,1-5H3;1H. The molecule has 4 nitrogen and oxygen atoms in total. The highest BCUT2D eigenvalue weighted by molar-refractivity contribution is 5.85. The number of benzene rings is 1. The Balaban J connectivity index is 0.00000361. The fourth-order valence-corrected chi connectivity index (χ4v) is 5.73. The van der Waals surface area contributed by atoms with Crippen LogP contribution in [0.1, 0.15) is 103 Å². The van der Waals surface area contributed by atoms with Crippen molar-refractivity contribution in [3.05, 3.63) is 41.7 Å². The zero-order valence-electron chi connectivity index (χ0n) is 23.1. The van der Waals surface area contributed by atoms with Gasteiger partial charge in [0.1, 0.15) is 17.1 Å². The normalized spacial score (nSPS) is 18.2. The number of hydrogen-bond acceptors (Lipinski definition) is 4. The van der Waals surface area contributed by atoms with Crippen LogP contribution in [0.3, 0.4) is 0 Å².